The molecule has 0 aromatic heterocycles. The number of carbonyl (C=O) groups excluding carboxylic acids is 2. The number of nitrogens with zero attached hydrogens (tertiary/aromatic N) is 1. The van der Waals surface area contributed by atoms with Crippen molar-refractivity contribution in [1.82, 2.24) is 4.90 Å². The number of hydrogen-bond donors (Lipinski definition) is 2. The first-order valence-corrected chi connectivity index (χ1v) is 10.7. The number of aliphatic hydroxyl groups is 1. The van der Waals surface area contributed by atoms with Crippen LogP contribution in [0.1, 0.15) is 49.4 Å². The number of benzene rings is 2. The van der Waals surface area contributed by atoms with Crippen LogP contribution in [0, 0.1) is 6.92 Å². The lowest BCUT2D eigenvalue weighted by atomic mass is 9.94. The van der Waals surface area contributed by atoms with Crippen molar-refractivity contribution in [3.63, 3.8) is 0 Å². The van der Waals surface area contributed by atoms with E-state index < -0.39 is 17.7 Å². The number of phenols is 1. The van der Waals surface area contributed by atoms with E-state index in [-0.39, 0.29) is 22.1 Å². The minimum Gasteiger partial charge on any atom is -0.507 e. The number of aliphatic hydroxyl groups excluding tert-OH is 1. The molecule has 3 rings (SSSR count). The largest absolute Gasteiger partial charge is 0.507 e. The van der Waals surface area contributed by atoms with Gasteiger partial charge < -0.3 is 19.8 Å². The molecule has 1 amide bonds. The molecule has 31 heavy (non-hydrogen) atoms. The monoisotopic (exact) mass is 443 g/mol. The quantitative estimate of drug-likeness (QED) is 0.358. The summed E-state index contributed by atoms with van der Waals surface area (Å²) in [4.78, 5) is 27.3. The molecular formula is C24H26ClNO5. The number of ketones is 1. The third-order valence-electron chi connectivity index (χ3n) is 5.33. The Balaban J connectivity index is 2.16. The van der Waals surface area contributed by atoms with Crippen LogP contribution in [0.4, 0.5) is 0 Å². The van der Waals surface area contributed by atoms with E-state index in [9.17, 15) is 19.8 Å². The van der Waals surface area contributed by atoms with E-state index in [1.54, 1.807) is 24.3 Å². The number of Topliss-reactive ketones (excluding diaryl/α,β-unsaturated/α-hetero) is 1. The fourth-order valence-electron chi connectivity index (χ4n) is 3.75. The lowest BCUT2D eigenvalue weighted by Crippen LogP contribution is -2.30. The van der Waals surface area contributed by atoms with E-state index in [2.05, 4.69) is 0 Å². The summed E-state index contributed by atoms with van der Waals surface area (Å²) >= 11 is 6.10. The van der Waals surface area contributed by atoms with Gasteiger partial charge in [-0.05, 0) is 61.7 Å². The van der Waals surface area contributed by atoms with E-state index in [4.69, 9.17) is 16.3 Å². The summed E-state index contributed by atoms with van der Waals surface area (Å²) in [6, 6.07) is 8.85. The Hall–Kier alpha value is -2.99. The predicted molar refractivity (Wildman–Crippen MR) is 119 cm³/mol. The highest BCUT2D eigenvalue weighted by atomic mass is 35.5. The molecule has 6 nitrogen and oxygen atoms in total. The van der Waals surface area contributed by atoms with Crippen molar-refractivity contribution in [2.75, 3.05) is 13.2 Å². The van der Waals surface area contributed by atoms with Crippen LogP contribution in [0.5, 0.6) is 11.5 Å². The van der Waals surface area contributed by atoms with Gasteiger partial charge in [0, 0.05) is 12.1 Å². The summed E-state index contributed by atoms with van der Waals surface area (Å²) in [6.07, 6.45) is 1.54. The molecule has 0 spiro atoms. The molecule has 1 saturated heterocycles. The van der Waals surface area contributed by atoms with Crippen LogP contribution < -0.4 is 4.74 Å². The van der Waals surface area contributed by atoms with E-state index in [1.165, 1.54) is 17.0 Å². The van der Waals surface area contributed by atoms with Crippen molar-refractivity contribution in [3.05, 3.63) is 63.7 Å². The Morgan fingerprint density at radius 1 is 1.16 bits per heavy atom. The molecule has 1 heterocycles. The molecule has 2 aromatic rings. The van der Waals surface area contributed by atoms with Gasteiger partial charge in [0.2, 0.25) is 0 Å². The minimum absolute atomic E-state index is 0.00594. The third-order valence-corrected chi connectivity index (χ3v) is 5.63. The average molecular weight is 444 g/mol. The van der Waals surface area contributed by atoms with Crippen LogP contribution >= 0.6 is 11.6 Å². The molecule has 0 radical (unpaired) electrons. The van der Waals surface area contributed by atoms with Gasteiger partial charge in [-0.25, -0.2) is 0 Å². The molecule has 1 atom stereocenters. The van der Waals surface area contributed by atoms with Gasteiger partial charge in [-0.2, -0.15) is 0 Å². The molecule has 0 saturated carbocycles. The van der Waals surface area contributed by atoms with E-state index in [0.29, 0.717) is 36.4 Å². The molecule has 7 heteroatoms. The van der Waals surface area contributed by atoms with Crippen molar-refractivity contribution >= 4 is 29.1 Å². The van der Waals surface area contributed by atoms with Crippen molar-refractivity contribution in [3.8, 4) is 11.5 Å². The lowest BCUT2D eigenvalue weighted by molar-refractivity contribution is -0.139. The molecule has 1 aliphatic heterocycles. The van der Waals surface area contributed by atoms with Crippen molar-refractivity contribution < 1.29 is 24.5 Å². The zero-order valence-electron chi connectivity index (χ0n) is 17.8. The van der Waals surface area contributed by atoms with Gasteiger partial charge >= 0.3 is 0 Å². The number of hydrogen-bond acceptors (Lipinski definition) is 5. The van der Waals surface area contributed by atoms with E-state index >= 15 is 0 Å². The van der Waals surface area contributed by atoms with Gasteiger partial charge in [0.15, 0.2) is 0 Å². The number of phenolic OH excluding ortho intramolecular Hbond substituents is 1. The average Bonchev–Trinajstić information content (AvgIpc) is 3.00. The molecule has 2 N–H and O–H groups in total. The van der Waals surface area contributed by atoms with Crippen LogP contribution in [0.25, 0.3) is 5.76 Å². The summed E-state index contributed by atoms with van der Waals surface area (Å²) in [7, 11) is 0. The second-order valence-corrected chi connectivity index (χ2v) is 7.88. The zero-order valence-corrected chi connectivity index (χ0v) is 18.6. The Labute approximate surface area is 186 Å². The molecule has 1 unspecified atom stereocenters. The maximum Gasteiger partial charge on any atom is 0.295 e. The Kier molecular flexibility index (Phi) is 6.91. The highest BCUT2D eigenvalue weighted by Gasteiger charge is 2.45. The third kappa shape index (κ3) is 4.39. The highest BCUT2D eigenvalue weighted by molar-refractivity contribution is 6.46. The summed E-state index contributed by atoms with van der Waals surface area (Å²) < 4.78 is 5.55. The number of ether oxygens (including phenoxy) is 1. The van der Waals surface area contributed by atoms with Gasteiger partial charge in [-0.3, -0.25) is 9.59 Å². The maximum absolute atomic E-state index is 13.0. The number of aryl methyl sites for hydroxylation is 1. The first-order chi connectivity index (χ1) is 14.8. The SMILES string of the molecule is CCCCN1C(=O)C(=O)/C(=C(\O)c2ccc(OCC)c(C)c2)C1c1ccc(O)c(Cl)c1. The van der Waals surface area contributed by atoms with E-state index in [1.807, 2.05) is 20.8 Å². The van der Waals surface area contributed by atoms with Crippen LogP contribution in [0.3, 0.4) is 0 Å². The van der Waals surface area contributed by atoms with Gasteiger partial charge in [0.25, 0.3) is 11.7 Å². The summed E-state index contributed by atoms with van der Waals surface area (Å²) in [5.74, 6) is -1.07. The van der Waals surface area contributed by atoms with Crippen LogP contribution in [-0.2, 0) is 9.59 Å². The number of amides is 1. The number of aromatic hydroxyl groups is 1. The van der Waals surface area contributed by atoms with E-state index in [0.717, 1.165) is 12.0 Å². The second kappa shape index (κ2) is 9.43. The number of carbonyl (C=O) groups is 2. The Morgan fingerprint density at radius 3 is 2.52 bits per heavy atom. The predicted octanol–water partition coefficient (Wildman–Crippen LogP) is 4.97. The number of likely N-dealkylation sites (tertiary alicyclic amines) is 1. The first kappa shape index (κ1) is 22.7. The molecule has 1 aliphatic rings. The second-order valence-electron chi connectivity index (χ2n) is 7.47. The fraction of sp³-hybridized carbons (Fsp3) is 0.333. The standard InChI is InChI=1S/C24H26ClNO5/c1-4-6-11-26-21(15-7-9-18(27)17(25)13-15)20(23(29)24(26)30)22(28)16-8-10-19(31-5-2)14(3)12-16/h7-10,12-13,21,27-28H,4-6,11H2,1-3H3/b22-20-. The van der Waals surface area contributed by atoms with Gasteiger partial charge in [0.05, 0.1) is 23.2 Å². The highest BCUT2D eigenvalue weighted by Crippen LogP contribution is 2.41. The summed E-state index contributed by atoms with van der Waals surface area (Å²) in [6.45, 7) is 6.60. The number of unbranched alkanes of at least 4 members (excludes halogenated alkanes) is 1. The molecule has 1 fully saturated rings. The topological polar surface area (TPSA) is 87.1 Å². The number of rotatable bonds is 7. The molecule has 0 aliphatic carbocycles. The lowest BCUT2D eigenvalue weighted by Gasteiger charge is -2.25. The maximum atomic E-state index is 13.0. The van der Waals surface area contributed by atoms with Crippen LogP contribution in [-0.4, -0.2) is 40.0 Å². The zero-order chi connectivity index (χ0) is 22.7. The summed E-state index contributed by atoms with van der Waals surface area (Å²) in [5.41, 5.74) is 1.77. The van der Waals surface area contributed by atoms with Crippen molar-refractivity contribution in [1.29, 1.82) is 0 Å². The number of halogens is 1. The normalized spacial score (nSPS) is 17.9. The van der Waals surface area contributed by atoms with Crippen molar-refractivity contribution in [2.24, 2.45) is 0 Å². The van der Waals surface area contributed by atoms with Crippen LogP contribution in [0.2, 0.25) is 5.02 Å². The fourth-order valence-corrected chi connectivity index (χ4v) is 3.94. The van der Waals surface area contributed by atoms with Gasteiger partial charge in [0.1, 0.15) is 17.3 Å². The van der Waals surface area contributed by atoms with Gasteiger partial charge in [-0.15, -0.1) is 0 Å². The summed E-state index contributed by atoms with van der Waals surface area (Å²) in [5, 5.41) is 21.0. The molecular weight excluding hydrogens is 418 g/mol. The Morgan fingerprint density at radius 2 is 1.90 bits per heavy atom. The molecule has 164 valence electrons. The van der Waals surface area contributed by atoms with Crippen molar-refractivity contribution in [2.45, 2.75) is 39.7 Å². The van der Waals surface area contributed by atoms with Gasteiger partial charge in [-0.1, -0.05) is 31.0 Å². The molecule has 2 aromatic carbocycles. The van der Waals surface area contributed by atoms with Crippen LogP contribution in [0.15, 0.2) is 42.0 Å². The Bertz CT molecular complexity index is 1050. The first-order valence-electron chi connectivity index (χ1n) is 10.3. The minimum atomic E-state index is -0.795. The smallest absolute Gasteiger partial charge is 0.295 e. The molecule has 0 bridgehead atoms.